The van der Waals surface area contributed by atoms with Crippen LogP contribution in [-0.2, 0) is 6.54 Å². The smallest absolute Gasteiger partial charge is 0.0992 e. The Morgan fingerprint density at radius 1 is 1.50 bits per heavy atom. The van der Waals surface area contributed by atoms with Crippen LogP contribution in [0.25, 0.3) is 0 Å². The van der Waals surface area contributed by atoms with Crippen molar-refractivity contribution in [3.8, 4) is 6.07 Å². The van der Waals surface area contributed by atoms with E-state index in [0.717, 1.165) is 16.7 Å². The zero-order valence-electron chi connectivity index (χ0n) is 9.97. The van der Waals surface area contributed by atoms with Gasteiger partial charge in [-0.1, -0.05) is 15.9 Å². The summed E-state index contributed by atoms with van der Waals surface area (Å²) >= 11 is 3.40. The van der Waals surface area contributed by atoms with Gasteiger partial charge in [0.25, 0.3) is 0 Å². The van der Waals surface area contributed by atoms with Crippen molar-refractivity contribution in [1.82, 2.24) is 9.78 Å². The molecule has 0 aliphatic carbocycles. The number of aromatic nitrogens is 2. The molecule has 0 saturated heterocycles. The van der Waals surface area contributed by atoms with E-state index in [9.17, 15) is 0 Å². The Morgan fingerprint density at radius 3 is 3.00 bits per heavy atom. The molecule has 1 heterocycles. The SMILES string of the molecule is CC(Cn1cccn1)Nc1cc(Br)cc(C#N)c1. The molecule has 0 amide bonds. The van der Waals surface area contributed by atoms with Gasteiger partial charge in [-0.3, -0.25) is 4.68 Å². The van der Waals surface area contributed by atoms with Crippen molar-refractivity contribution in [3.63, 3.8) is 0 Å². The summed E-state index contributed by atoms with van der Waals surface area (Å²) in [4.78, 5) is 0. The van der Waals surface area contributed by atoms with Gasteiger partial charge in [0.05, 0.1) is 18.2 Å². The fraction of sp³-hybridized carbons (Fsp3) is 0.231. The number of anilines is 1. The molecule has 0 saturated carbocycles. The molecule has 1 aromatic heterocycles. The zero-order valence-corrected chi connectivity index (χ0v) is 11.6. The summed E-state index contributed by atoms with van der Waals surface area (Å²) in [6, 6.07) is 9.86. The maximum absolute atomic E-state index is 8.92. The monoisotopic (exact) mass is 304 g/mol. The van der Waals surface area contributed by atoms with Crippen molar-refractivity contribution in [1.29, 1.82) is 5.26 Å². The highest BCUT2D eigenvalue weighted by molar-refractivity contribution is 9.10. The van der Waals surface area contributed by atoms with E-state index >= 15 is 0 Å². The van der Waals surface area contributed by atoms with Crippen LogP contribution in [0.4, 0.5) is 5.69 Å². The van der Waals surface area contributed by atoms with E-state index in [2.05, 4.69) is 39.3 Å². The van der Waals surface area contributed by atoms with Crippen LogP contribution in [0, 0.1) is 11.3 Å². The van der Waals surface area contributed by atoms with Crippen molar-refractivity contribution in [2.45, 2.75) is 19.5 Å². The molecule has 5 heteroatoms. The van der Waals surface area contributed by atoms with E-state index in [1.54, 1.807) is 12.3 Å². The van der Waals surface area contributed by atoms with Gasteiger partial charge < -0.3 is 5.32 Å². The molecular weight excluding hydrogens is 292 g/mol. The zero-order chi connectivity index (χ0) is 13.0. The molecule has 1 unspecified atom stereocenters. The van der Waals surface area contributed by atoms with Crippen LogP contribution in [0.15, 0.2) is 41.1 Å². The van der Waals surface area contributed by atoms with Gasteiger partial charge in [0.15, 0.2) is 0 Å². The van der Waals surface area contributed by atoms with Gasteiger partial charge in [0.1, 0.15) is 0 Å². The van der Waals surface area contributed by atoms with Gasteiger partial charge in [-0.15, -0.1) is 0 Å². The Balaban J connectivity index is 2.05. The largest absolute Gasteiger partial charge is 0.381 e. The topological polar surface area (TPSA) is 53.6 Å². The molecule has 92 valence electrons. The van der Waals surface area contributed by atoms with E-state index in [-0.39, 0.29) is 6.04 Å². The van der Waals surface area contributed by atoms with Crippen LogP contribution in [0.2, 0.25) is 0 Å². The molecule has 0 aliphatic rings. The molecule has 0 aliphatic heterocycles. The van der Waals surface area contributed by atoms with Crippen molar-refractivity contribution in [2.75, 3.05) is 5.32 Å². The Hall–Kier alpha value is -1.80. The third-order valence-electron chi connectivity index (χ3n) is 2.46. The number of nitrogens with one attached hydrogen (secondary N) is 1. The molecule has 1 N–H and O–H groups in total. The summed E-state index contributed by atoms with van der Waals surface area (Å²) in [5, 5.41) is 16.4. The van der Waals surface area contributed by atoms with Crippen molar-refractivity contribution in [2.24, 2.45) is 0 Å². The lowest BCUT2D eigenvalue weighted by atomic mass is 10.2. The molecule has 18 heavy (non-hydrogen) atoms. The van der Waals surface area contributed by atoms with Crippen molar-refractivity contribution >= 4 is 21.6 Å². The van der Waals surface area contributed by atoms with Crippen LogP contribution < -0.4 is 5.32 Å². The fourth-order valence-electron chi connectivity index (χ4n) is 1.76. The third-order valence-corrected chi connectivity index (χ3v) is 2.92. The molecule has 2 rings (SSSR count). The Bertz CT molecular complexity index is 557. The number of hydrogen-bond acceptors (Lipinski definition) is 3. The van der Waals surface area contributed by atoms with Crippen LogP contribution in [0.1, 0.15) is 12.5 Å². The number of hydrogen-bond donors (Lipinski definition) is 1. The first kappa shape index (κ1) is 12.7. The predicted molar refractivity (Wildman–Crippen MR) is 74.2 cm³/mol. The highest BCUT2D eigenvalue weighted by atomic mass is 79.9. The molecule has 2 aromatic rings. The summed E-state index contributed by atoms with van der Waals surface area (Å²) in [5.74, 6) is 0. The molecule has 0 radical (unpaired) electrons. The summed E-state index contributed by atoms with van der Waals surface area (Å²) in [5.41, 5.74) is 1.57. The van der Waals surface area contributed by atoms with Gasteiger partial charge in [-0.05, 0) is 31.2 Å². The van der Waals surface area contributed by atoms with E-state index < -0.39 is 0 Å². The first-order valence-corrected chi connectivity index (χ1v) is 6.41. The van der Waals surface area contributed by atoms with Crippen LogP contribution >= 0.6 is 15.9 Å². The second-order valence-electron chi connectivity index (χ2n) is 4.11. The van der Waals surface area contributed by atoms with Crippen molar-refractivity contribution < 1.29 is 0 Å². The first-order chi connectivity index (χ1) is 8.67. The lowest BCUT2D eigenvalue weighted by Crippen LogP contribution is -2.22. The third kappa shape index (κ3) is 3.34. The van der Waals surface area contributed by atoms with Gasteiger partial charge in [-0.25, -0.2) is 0 Å². The van der Waals surface area contributed by atoms with E-state index in [4.69, 9.17) is 5.26 Å². The second kappa shape index (κ2) is 5.69. The fourth-order valence-corrected chi connectivity index (χ4v) is 2.25. The average molecular weight is 305 g/mol. The number of halogens is 1. The molecule has 0 spiro atoms. The molecule has 0 bridgehead atoms. The minimum atomic E-state index is 0.228. The number of nitriles is 1. The maximum Gasteiger partial charge on any atom is 0.0992 e. The molecule has 4 nitrogen and oxygen atoms in total. The Morgan fingerprint density at radius 2 is 2.33 bits per heavy atom. The second-order valence-corrected chi connectivity index (χ2v) is 5.03. The first-order valence-electron chi connectivity index (χ1n) is 5.62. The van der Waals surface area contributed by atoms with Gasteiger partial charge in [0, 0.05) is 28.6 Å². The van der Waals surface area contributed by atoms with E-state index in [1.165, 1.54) is 0 Å². The lowest BCUT2D eigenvalue weighted by Gasteiger charge is -2.15. The van der Waals surface area contributed by atoms with Gasteiger partial charge >= 0.3 is 0 Å². The summed E-state index contributed by atoms with van der Waals surface area (Å²) in [6.07, 6.45) is 3.69. The van der Waals surface area contributed by atoms with E-state index in [0.29, 0.717) is 5.56 Å². The molecule has 0 fully saturated rings. The highest BCUT2D eigenvalue weighted by Crippen LogP contribution is 2.20. The minimum absolute atomic E-state index is 0.228. The Labute approximate surface area is 114 Å². The number of nitrogens with zero attached hydrogens (tertiary/aromatic N) is 3. The highest BCUT2D eigenvalue weighted by Gasteiger charge is 2.05. The lowest BCUT2D eigenvalue weighted by molar-refractivity contribution is 0.561. The molecule has 1 atom stereocenters. The van der Waals surface area contributed by atoms with Crippen LogP contribution in [0.3, 0.4) is 0 Å². The molecular formula is C13H13BrN4. The maximum atomic E-state index is 8.92. The van der Waals surface area contributed by atoms with Crippen LogP contribution in [0.5, 0.6) is 0 Å². The molecule has 1 aromatic carbocycles. The average Bonchev–Trinajstić information content (AvgIpc) is 2.80. The number of rotatable bonds is 4. The van der Waals surface area contributed by atoms with Gasteiger partial charge in [0.2, 0.25) is 0 Å². The summed E-state index contributed by atoms with van der Waals surface area (Å²) in [7, 11) is 0. The summed E-state index contributed by atoms with van der Waals surface area (Å²) in [6.45, 7) is 2.86. The predicted octanol–water partition coefficient (Wildman–Crippen LogP) is 3.02. The van der Waals surface area contributed by atoms with Gasteiger partial charge in [-0.2, -0.15) is 10.4 Å². The van der Waals surface area contributed by atoms with E-state index in [1.807, 2.05) is 29.1 Å². The van der Waals surface area contributed by atoms with Crippen LogP contribution in [-0.4, -0.2) is 15.8 Å². The Kier molecular flexibility index (Phi) is 4.00. The number of benzene rings is 1. The minimum Gasteiger partial charge on any atom is -0.381 e. The summed E-state index contributed by atoms with van der Waals surface area (Å²) < 4.78 is 2.77. The van der Waals surface area contributed by atoms with Crippen molar-refractivity contribution in [3.05, 3.63) is 46.7 Å². The quantitative estimate of drug-likeness (QED) is 0.944. The normalized spacial score (nSPS) is 11.8. The standard InChI is InChI=1S/C13H13BrN4/c1-10(9-18-4-2-3-16-18)17-13-6-11(8-15)5-12(14)7-13/h2-7,10,17H,9H2,1H3.